The number of hydrogen-bond donors (Lipinski definition) is 1. The Bertz CT molecular complexity index is 229. The van der Waals surface area contributed by atoms with Gasteiger partial charge in [-0.15, -0.1) is 0 Å². The highest BCUT2D eigenvalue weighted by atomic mass is 16.2. The maximum Gasteiger partial charge on any atom is 0.239 e. The second-order valence-electron chi connectivity index (χ2n) is 4.92. The zero-order valence-electron chi connectivity index (χ0n) is 13.0. The van der Waals surface area contributed by atoms with E-state index in [9.17, 15) is 4.79 Å². The quantitative estimate of drug-likeness (QED) is 0.681. The number of nitrogens with zero attached hydrogens (tertiary/aromatic N) is 2. The highest BCUT2D eigenvalue weighted by Crippen LogP contribution is 1.99. The van der Waals surface area contributed by atoms with Gasteiger partial charge in [0.25, 0.3) is 0 Å². The highest BCUT2D eigenvalue weighted by Gasteiger charge is 2.17. The number of carbonyl (C=O) groups is 1. The van der Waals surface area contributed by atoms with E-state index in [1.54, 1.807) is 0 Å². The summed E-state index contributed by atoms with van der Waals surface area (Å²) in [6.07, 6.45) is 1.16. The van der Waals surface area contributed by atoms with Gasteiger partial charge in [0, 0.05) is 32.2 Å². The Hall–Kier alpha value is -0.610. The van der Waals surface area contributed by atoms with Crippen molar-refractivity contribution in [3.05, 3.63) is 0 Å². The Morgan fingerprint density at radius 1 is 1.17 bits per heavy atom. The van der Waals surface area contributed by atoms with Crippen LogP contribution >= 0.6 is 0 Å². The molecule has 0 rings (SSSR count). The Kier molecular flexibility index (Phi) is 9.02. The van der Waals surface area contributed by atoms with E-state index in [2.05, 4.69) is 31.1 Å². The maximum absolute atomic E-state index is 12.0. The molecule has 0 fully saturated rings. The van der Waals surface area contributed by atoms with Crippen molar-refractivity contribution in [2.24, 2.45) is 0 Å². The molecule has 0 aliphatic carbocycles. The maximum atomic E-state index is 12.0. The van der Waals surface area contributed by atoms with Gasteiger partial charge in [0.1, 0.15) is 0 Å². The van der Waals surface area contributed by atoms with Crippen LogP contribution in [0.1, 0.15) is 41.0 Å². The average Bonchev–Trinajstić information content (AvgIpc) is 2.38. The molecule has 4 heteroatoms. The Balaban J connectivity index is 3.96. The van der Waals surface area contributed by atoms with E-state index in [-0.39, 0.29) is 11.9 Å². The second-order valence-corrected chi connectivity index (χ2v) is 4.92. The van der Waals surface area contributed by atoms with Crippen molar-refractivity contribution >= 4 is 5.91 Å². The summed E-state index contributed by atoms with van der Waals surface area (Å²) in [6.45, 7) is 13.8. The van der Waals surface area contributed by atoms with Crippen LogP contribution in [0, 0.1) is 0 Å². The van der Waals surface area contributed by atoms with Crippen LogP contribution < -0.4 is 5.32 Å². The lowest BCUT2D eigenvalue weighted by molar-refractivity contribution is -0.132. The lowest BCUT2D eigenvalue weighted by Gasteiger charge is -2.26. The summed E-state index contributed by atoms with van der Waals surface area (Å²) in [5.41, 5.74) is 0. The Morgan fingerprint density at radius 3 is 2.17 bits per heavy atom. The number of likely N-dealkylation sites (N-methyl/N-ethyl adjacent to an activating group) is 2. The lowest BCUT2D eigenvalue weighted by Crippen LogP contribution is -2.47. The van der Waals surface area contributed by atoms with Crippen molar-refractivity contribution in [1.82, 2.24) is 15.1 Å². The summed E-state index contributed by atoms with van der Waals surface area (Å²) >= 11 is 0. The van der Waals surface area contributed by atoms with Gasteiger partial charge in [-0.25, -0.2) is 0 Å². The SMILES string of the molecule is CCC(C)N(C)CCNC(C)C(=O)N(CC)CC. The Labute approximate surface area is 113 Å². The van der Waals surface area contributed by atoms with E-state index in [0.29, 0.717) is 6.04 Å². The molecule has 1 N–H and O–H groups in total. The van der Waals surface area contributed by atoms with Crippen LogP contribution in [0.3, 0.4) is 0 Å². The van der Waals surface area contributed by atoms with Gasteiger partial charge in [-0.05, 0) is 41.2 Å². The summed E-state index contributed by atoms with van der Waals surface area (Å²) in [5, 5.41) is 3.31. The summed E-state index contributed by atoms with van der Waals surface area (Å²) < 4.78 is 0. The largest absolute Gasteiger partial charge is 0.342 e. The van der Waals surface area contributed by atoms with Crippen molar-refractivity contribution in [3.63, 3.8) is 0 Å². The molecule has 0 spiro atoms. The highest BCUT2D eigenvalue weighted by molar-refractivity contribution is 5.81. The van der Waals surface area contributed by atoms with Crippen LogP contribution in [0.5, 0.6) is 0 Å². The van der Waals surface area contributed by atoms with Crippen LogP contribution in [0.4, 0.5) is 0 Å². The number of amides is 1. The Morgan fingerprint density at radius 2 is 1.72 bits per heavy atom. The average molecular weight is 257 g/mol. The molecule has 4 nitrogen and oxygen atoms in total. The molecule has 2 unspecified atom stereocenters. The van der Waals surface area contributed by atoms with E-state index in [1.807, 2.05) is 25.7 Å². The standard InChI is InChI=1S/C14H31N3O/c1-7-12(4)16(6)11-10-15-13(5)14(18)17(8-2)9-3/h12-13,15H,7-11H2,1-6H3. The number of hydrogen-bond acceptors (Lipinski definition) is 3. The van der Waals surface area contributed by atoms with E-state index < -0.39 is 0 Å². The zero-order chi connectivity index (χ0) is 14.1. The minimum absolute atomic E-state index is 0.0877. The molecule has 0 heterocycles. The topological polar surface area (TPSA) is 35.6 Å². The molecule has 0 bridgehead atoms. The fourth-order valence-electron chi connectivity index (χ4n) is 1.89. The summed E-state index contributed by atoms with van der Waals surface area (Å²) in [7, 11) is 2.13. The number of rotatable bonds is 9. The van der Waals surface area contributed by atoms with Gasteiger partial charge in [-0.2, -0.15) is 0 Å². The first-order chi connectivity index (χ1) is 8.47. The second kappa shape index (κ2) is 9.34. The minimum Gasteiger partial charge on any atom is -0.342 e. The van der Waals surface area contributed by atoms with Crippen LogP contribution in [0.25, 0.3) is 0 Å². The van der Waals surface area contributed by atoms with Gasteiger partial charge >= 0.3 is 0 Å². The van der Waals surface area contributed by atoms with Crippen molar-refractivity contribution in [2.45, 2.75) is 53.1 Å². The number of carbonyl (C=O) groups excluding carboxylic acids is 1. The van der Waals surface area contributed by atoms with Crippen LogP contribution in [-0.4, -0.2) is 61.0 Å². The first-order valence-electron chi connectivity index (χ1n) is 7.20. The summed E-state index contributed by atoms with van der Waals surface area (Å²) in [5.74, 6) is 0.200. The van der Waals surface area contributed by atoms with Crippen LogP contribution in [0.15, 0.2) is 0 Å². The van der Waals surface area contributed by atoms with E-state index in [1.165, 1.54) is 0 Å². The van der Waals surface area contributed by atoms with Crippen LogP contribution in [0.2, 0.25) is 0 Å². The number of nitrogens with one attached hydrogen (secondary N) is 1. The minimum atomic E-state index is -0.0877. The van der Waals surface area contributed by atoms with Gasteiger partial charge < -0.3 is 15.1 Å². The summed E-state index contributed by atoms with van der Waals surface area (Å²) in [4.78, 5) is 16.2. The third kappa shape index (κ3) is 5.83. The lowest BCUT2D eigenvalue weighted by atomic mass is 10.2. The summed E-state index contributed by atoms with van der Waals surface area (Å²) in [6, 6.07) is 0.510. The predicted octanol–water partition coefficient (Wildman–Crippen LogP) is 1.56. The van der Waals surface area contributed by atoms with Gasteiger partial charge in [-0.1, -0.05) is 6.92 Å². The van der Waals surface area contributed by atoms with Crippen molar-refractivity contribution in [2.75, 3.05) is 33.2 Å². The molecular weight excluding hydrogens is 226 g/mol. The fraction of sp³-hybridized carbons (Fsp3) is 0.929. The molecule has 0 saturated carbocycles. The molecule has 1 amide bonds. The van der Waals surface area contributed by atoms with Crippen molar-refractivity contribution in [1.29, 1.82) is 0 Å². The molecule has 0 aliphatic rings. The molecule has 18 heavy (non-hydrogen) atoms. The molecular formula is C14H31N3O. The van der Waals surface area contributed by atoms with Gasteiger partial charge in [0.15, 0.2) is 0 Å². The molecule has 2 atom stereocenters. The molecule has 0 aromatic heterocycles. The molecule has 0 aliphatic heterocycles. The van der Waals surface area contributed by atoms with E-state index in [4.69, 9.17) is 0 Å². The monoisotopic (exact) mass is 257 g/mol. The normalized spacial score (nSPS) is 14.6. The third-order valence-electron chi connectivity index (χ3n) is 3.70. The van der Waals surface area contributed by atoms with Crippen molar-refractivity contribution in [3.8, 4) is 0 Å². The van der Waals surface area contributed by atoms with Crippen molar-refractivity contribution < 1.29 is 4.79 Å². The molecule has 0 aromatic rings. The van der Waals surface area contributed by atoms with E-state index in [0.717, 1.165) is 32.6 Å². The van der Waals surface area contributed by atoms with Gasteiger partial charge in [-0.3, -0.25) is 4.79 Å². The van der Waals surface area contributed by atoms with Crippen LogP contribution in [-0.2, 0) is 4.79 Å². The van der Waals surface area contributed by atoms with E-state index >= 15 is 0 Å². The molecule has 108 valence electrons. The first kappa shape index (κ1) is 17.4. The molecule has 0 aromatic carbocycles. The fourth-order valence-corrected chi connectivity index (χ4v) is 1.89. The smallest absolute Gasteiger partial charge is 0.239 e. The predicted molar refractivity (Wildman–Crippen MR) is 77.8 cm³/mol. The van der Waals surface area contributed by atoms with Gasteiger partial charge in [0.2, 0.25) is 5.91 Å². The first-order valence-corrected chi connectivity index (χ1v) is 7.20. The third-order valence-corrected chi connectivity index (χ3v) is 3.70. The molecule has 0 radical (unpaired) electrons. The molecule has 0 saturated heterocycles. The van der Waals surface area contributed by atoms with Gasteiger partial charge in [0.05, 0.1) is 6.04 Å². The zero-order valence-corrected chi connectivity index (χ0v) is 13.0.